The molecule has 0 spiro atoms. The number of ether oxygens (including phenoxy) is 2. The third-order valence-electron chi connectivity index (χ3n) is 4.45. The summed E-state index contributed by atoms with van der Waals surface area (Å²) in [5.41, 5.74) is 4.94. The molecule has 0 saturated heterocycles. The van der Waals surface area contributed by atoms with E-state index in [1.807, 2.05) is 51.1 Å². The Labute approximate surface area is 169 Å². The average Bonchev–Trinajstić information content (AvgIpc) is 3.13. The van der Waals surface area contributed by atoms with E-state index < -0.39 is 0 Å². The number of carbonyl (C=O) groups excluding carboxylic acids is 1. The van der Waals surface area contributed by atoms with Crippen LogP contribution in [-0.4, -0.2) is 22.7 Å². The minimum absolute atomic E-state index is 0.242. The van der Waals surface area contributed by atoms with Gasteiger partial charge in [-0.3, -0.25) is 4.79 Å². The molecule has 1 aromatic heterocycles. The molecular weight excluding hydrogens is 368 g/mol. The van der Waals surface area contributed by atoms with Crippen molar-refractivity contribution in [2.45, 2.75) is 27.3 Å². The summed E-state index contributed by atoms with van der Waals surface area (Å²) in [4.78, 5) is 21.4. The standard InChI is InChI=1S/C22H22N4O3/c1-13-6-14(2)8-17(7-13)25-21(27)18-9-15(3)24-22(26-18)23-11-16-4-5-19-20(10-16)29-12-28-19/h4-10H,11-12H2,1-3H3,(H,25,27)(H,23,24,26). The zero-order valence-corrected chi connectivity index (χ0v) is 16.6. The minimum atomic E-state index is -0.272. The second-order valence-electron chi connectivity index (χ2n) is 7.09. The van der Waals surface area contributed by atoms with Gasteiger partial charge in [0.25, 0.3) is 5.91 Å². The van der Waals surface area contributed by atoms with Crippen LogP contribution in [-0.2, 0) is 6.54 Å². The zero-order valence-electron chi connectivity index (χ0n) is 16.6. The molecule has 0 aliphatic carbocycles. The van der Waals surface area contributed by atoms with Gasteiger partial charge in [-0.1, -0.05) is 12.1 Å². The molecule has 0 unspecified atom stereocenters. The SMILES string of the molecule is Cc1cc(C)cc(NC(=O)c2cc(C)nc(NCc3ccc4c(c3)OCO4)n2)c1. The molecule has 1 amide bonds. The van der Waals surface area contributed by atoms with Gasteiger partial charge in [-0.25, -0.2) is 9.97 Å². The highest BCUT2D eigenvalue weighted by Gasteiger charge is 2.14. The first-order valence-corrected chi connectivity index (χ1v) is 9.34. The Hall–Kier alpha value is -3.61. The lowest BCUT2D eigenvalue weighted by Crippen LogP contribution is -2.16. The number of nitrogens with zero attached hydrogens (tertiary/aromatic N) is 2. The smallest absolute Gasteiger partial charge is 0.274 e. The number of aryl methyl sites for hydroxylation is 3. The minimum Gasteiger partial charge on any atom is -0.454 e. The topological polar surface area (TPSA) is 85.4 Å². The Morgan fingerprint density at radius 1 is 0.966 bits per heavy atom. The van der Waals surface area contributed by atoms with Crippen molar-refractivity contribution in [2.24, 2.45) is 0 Å². The zero-order chi connectivity index (χ0) is 20.4. The predicted octanol–water partition coefficient (Wildman–Crippen LogP) is 3.99. The summed E-state index contributed by atoms with van der Waals surface area (Å²) in [6.45, 7) is 6.57. The largest absolute Gasteiger partial charge is 0.454 e. The lowest BCUT2D eigenvalue weighted by atomic mass is 10.1. The number of carbonyl (C=O) groups is 1. The Kier molecular flexibility index (Phi) is 5.03. The molecule has 1 aliphatic heterocycles. The van der Waals surface area contributed by atoms with Crippen LogP contribution < -0.4 is 20.1 Å². The molecule has 1 aliphatic rings. The molecule has 2 aromatic carbocycles. The van der Waals surface area contributed by atoms with E-state index in [1.54, 1.807) is 6.07 Å². The summed E-state index contributed by atoms with van der Waals surface area (Å²) in [6.07, 6.45) is 0. The molecule has 4 rings (SSSR count). The van der Waals surface area contributed by atoms with Gasteiger partial charge < -0.3 is 20.1 Å². The molecule has 29 heavy (non-hydrogen) atoms. The molecule has 148 valence electrons. The van der Waals surface area contributed by atoms with Gasteiger partial charge in [0.05, 0.1) is 0 Å². The number of hydrogen-bond acceptors (Lipinski definition) is 6. The average molecular weight is 390 g/mol. The summed E-state index contributed by atoms with van der Waals surface area (Å²) in [6, 6.07) is 13.3. The van der Waals surface area contributed by atoms with Crippen LogP contribution in [0.4, 0.5) is 11.6 Å². The van der Waals surface area contributed by atoms with Crippen molar-refractivity contribution in [1.82, 2.24) is 9.97 Å². The summed E-state index contributed by atoms with van der Waals surface area (Å²) in [5.74, 6) is 1.59. The maximum Gasteiger partial charge on any atom is 0.274 e. The summed E-state index contributed by atoms with van der Waals surface area (Å²) < 4.78 is 10.7. The van der Waals surface area contributed by atoms with Gasteiger partial charge in [0.1, 0.15) is 5.69 Å². The molecule has 0 radical (unpaired) electrons. The first kappa shape index (κ1) is 18.7. The molecular formula is C22H22N4O3. The first-order chi connectivity index (χ1) is 14.0. The van der Waals surface area contributed by atoms with E-state index in [4.69, 9.17) is 9.47 Å². The molecule has 7 nitrogen and oxygen atoms in total. The van der Waals surface area contributed by atoms with E-state index in [1.165, 1.54) is 0 Å². The van der Waals surface area contributed by atoms with E-state index in [9.17, 15) is 4.79 Å². The highest BCUT2D eigenvalue weighted by Crippen LogP contribution is 2.32. The van der Waals surface area contributed by atoms with E-state index in [-0.39, 0.29) is 12.7 Å². The Morgan fingerprint density at radius 2 is 1.72 bits per heavy atom. The van der Waals surface area contributed by atoms with Crippen molar-refractivity contribution < 1.29 is 14.3 Å². The van der Waals surface area contributed by atoms with Crippen molar-refractivity contribution >= 4 is 17.5 Å². The summed E-state index contributed by atoms with van der Waals surface area (Å²) in [5, 5.41) is 6.08. The monoisotopic (exact) mass is 390 g/mol. The fourth-order valence-corrected chi connectivity index (χ4v) is 3.24. The van der Waals surface area contributed by atoms with Crippen LogP contribution in [0.5, 0.6) is 11.5 Å². The van der Waals surface area contributed by atoms with Crippen LogP contribution in [0.15, 0.2) is 42.5 Å². The number of aromatic nitrogens is 2. The quantitative estimate of drug-likeness (QED) is 0.685. The fraction of sp³-hybridized carbons (Fsp3) is 0.227. The molecule has 7 heteroatoms. The van der Waals surface area contributed by atoms with Gasteiger partial charge in [0.15, 0.2) is 11.5 Å². The van der Waals surface area contributed by atoms with Crippen LogP contribution in [0.25, 0.3) is 0 Å². The van der Waals surface area contributed by atoms with E-state index in [2.05, 4.69) is 26.7 Å². The van der Waals surface area contributed by atoms with Gasteiger partial charge in [0, 0.05) is 17.9 Å². The van der Waals surface area contributed by atoms with Gasteiger partial charge in [-0.15, -0.1) is 0 Å². The van der Waals surface area contributed by atoms with Gasteiger partial charge in [-0.05, 0) is 67.8 Å². The van der Waals surface area contributed by atoms with E-state index in [0.29, 0.717) is 23.9 Å². The first-order valence-electron chi connectivity index (χ1n) is 9.34. The van der Waals surface area contributed by atoms with Crippen molar-refractivity contribution in [2.75, 3.05) is 17.4 Å². The van der Waals surface area contributed by atoms with Gasteiger partial charge >= 0.3 is 0 Å². The number of rotatable bonds is 5. The van der Waals surface area contributed by atoms with Crippen molar-refractivity contribution in [1.29, 1.82) is 0 Å². The van der Waals surface area contributed by atoms with Crippen molar-refractivity contribution in [3.05, 3.63) is 70.5 Å². The van der Waals surface area contributed by atoms with E-state index in [0.717, 1.165) is 33.9 Å². The second kappa shape index (κ2) is 7.79. The third kappa shape index (κ3) is 4.45. The van der Waals surface area contributed by atoms with Crippen LogP contribution in [0.2, 0.25) is 0 Å². The number of fused-ring (bicyclic) bond motifs is 1. The van der Waals surface area contributed by atoms with Crippen LogP contribution >= 0.6 is 0 Å². The predicted molar refractivity (Wildman–Crippen MR) is 111 cm³/mol. The highest BCUT2D eigenvalue weighted by atomic mass is 16.7. The lowest BCUT2D eigenvalue weighted by Gasteiger charge is -2.10. The molecule has 0 bridgehead atoms. The van der Waals surface area contributed by atoms with Crippen LogP contribution in [0.1, 0.15) is 32.9 Å². The van der Waals surface area contributed by atoms with Crippen LogP contribution in [0, 0.1) is 20.8 Å². The molecule has 3 aromatic rings. The molecule has 0 fully saturated rings. The Morgan fingerprint density at radius 3 is 2.52 bits per heavy atom. The number of benzene rings is 2. The number of nitrogens with one attached hydrogen (secondary N) is 2. The number of anilines is 2. The van der Waals surface area contributed by atoms with Gasteiger partial charge in [0.2, 0.25) is 12.7 Å². The molecule has 0 atom stereocenters. The molecule has 0 saturated carbocycles. The lowest BCUT2D eigenvalue weighted by molar-refractivity contribution is 0.102. The second-order valence-corrected chi connectivity index (χ2v) is 7.09. The maximum absolute atomic E-state index is 12.7. The Bertz CT molecular complexity index is 1060. The van der Waals surface area contributed by atoms with Crippen molar-refractivity contribution in [3.8, 4) is 11.5 Å². The molecule has 2 heterocycles. The fourth-order valence-electron chi connectivity index (χ4n) is 3.24. The number of hydrogen-bond donors (Lipinski definition) is 2. The normalized spacial score (nSPS) is 12.0. The van der Waals surface area contributed by atoms with E-state index >= 15 is 0 Å². The summed E-state index contributed by atoms with van der Waals surface area (Å²) in [7, 11) is 0. The van der Waals surface area contributed by atoms with Gasteiger partial charge in [-0.2, -0.15) is 0 Å². The molecule has 2 N–H and O–H groups in total. The highest BCUT2D eigenvalue weighted by molar-refractivity contribution is 6.03. The Balaban J connectivity index is 1.47. The maximum atomic E-state index is 12.7. The summed E-state index contributed by atoms with van der Waals surface area (Å²) >= 11 is 0. The number of amides is 1. The van der Waals surface area contributed by atoms with Crippen molar-refractivity contribution in [3.63, 3.8) is 0 Å². The van der Waals surface area contributed by atoms with Crippen LogP contribution in [0.3, 0.4) is 0 Å². The third-order valence-corrected chi connectivity index (χ3v) is 4.45.